The van der Waals surface area contributed by atoms with Gasteiger partial charge in [0.1, 0.15) is 6.04 Å². The zero-order valence-electron chi connectivity index (χ0n) is 9.93. The summed E-state index contributed by atoms with van der Waals surface area (Å²) in [6, 6.07) is 1.64. The van der Waals surface area contributed by atoms with E-state index in [-0.39, 0.29) is 5.91 Å². The number of ether oxygens (including phenoxy) is 2. The summed E-state index contributed by atoms with van der Waals surface area (Å²) in [4.78, 5) is 13.4. The highest BCUT2D eigenvalue weighted by molar-refractivity contribution is 5.77. The van der Waals surface area contributed by atoms with E-state index in [1.807, 2.05) is 0 Å². The average Bonchev–Trinajstić information content (AvgIpc) is 2.38. The van der Waals surface area contributed by atoms with Crippen LogP contribution >= 0.6 is 0 Å². The van der Waals surface area contributed by atoms with Crippen molar-refractivity contribution < 1.29 is 14.3 Å². The molecule has 94 valence electrons. The third-order valence-electron chi connectivity index (χ3n) is 2.51. The highest BCUT2D eigenvalue weighted by Crippen LogP contribution is 2.09. The molecule has 5 nitrogen and oxygen atoms in total. The molecule has 1 saturated heterocycles. The molecule has 0 radical (unpaired) electrons. The Morgan fingerprint density at radius 3 is 3.24 bits per heavy atom. The first-order valence-corrected chi connectivity index (χ1v) is 5.75. The van der Waals surface area contributed by atoms with Gasteiger partial charge in [-0.15, -0.1) is 6.58 Å². The van der Waals surface area contributed by atoms with E-state index in [0.717, 1.165) is 0 Å². The zero-order chi connectivity index (χ0) is 12.5. The number of nitriles is 1. The van der Waals surface area contributed by atoms with Crippen LogP contribution in [0.1, 0.15) is 12.8 Å². The van der Waals surface area contributed by atoms with Crippen LogP contribution in [0, 0.1) is 11.3 Å². The molecule has 1 aliphatic heterocycles. The van der Waals surface area contributed by atoms with Crippen LogP contribution in [-0.2, 0) is 14.3 Å². The maximum atomic E-state index is 11.8. The fraction of sp³-hybridized carbons (Fsp3) is 0.667. The molecule has 0 N–H and O–H groups in total. The van der Waals surface area contributed by atoms with Crippen LogP contribution in [0.2, 0.25) is 0 Å². The highest BCUT2D eigenvalue weighted by Gasteiger charge is 2.26. The second-order valence-corrected chi connectivity index (χ2v) is 3.77. The minimum absolute atomic E-state index is 0.00190. The van der Waals surface area contributed by atoms with Gasteiger partial charge < -0.3 is 14.4 Å². The largest absolute Gasteiger partial charge is 0.377 e. The maximum absolute atomic E-state index is 11.8. The molecule has 1 rings (SSSR count). The number of carbonyl (C=O) groups excluding carboxylic acids is 1. The number of hydrogen-bond donors (Lipinski definition) is 0. The molecular weight excluding hydrogens is 220 g/mol. The number of hydrogen-bond acceptors (Lipinski definition) is 4. The van der Waals surface area contributed by atoms with E-state index in [4.69, 9.17) is 14.7 Å². The maximum Gasteiger partial charge on any atom is 0.223 e. The number of rotatable bonds is 6. The Kier molecular flexibility index (Phi) is 6.30. The Balaban J connectivity index is 2.26. The predicted molar refractivity (Wildman–Crippen MR) is 62.2 cm³/mol. The molecule has 0 spiro atoms. The summed E-state index contributed by atoms with van der Waals surface area (Å²) in [6.07, 6.45) is 2.76. The molecule has 1 heterocycles. The molecule has 17 heavy (non-hydrogen) atoms. The monoisotopic (exact) mass is 238 g/mol. The van der Waals surface area contributed by atoms with Crippen molar-refractivity contribution in [1.29, 1.82) is 5.26 Å². The van der Waals surface area contributed by atoms with E-state index < -0.39 is 6.04 Å². The minimum atomic E-state index is -0.439. The van der Waals surface area contributed by atoms with Crippen molar-refractivity contribution in [3.8, 4) is 6.07 Å². The highest BCUT2D eigenvalue weighted by atomic mass is 16.5. The fourth-order valence-corrected chi connectivity index (χ4v) is 1.64. The molecule has 5 heteroatoms. The molecule has 1 amide bonds. The quantitative estimate of drug-likeness (QED) is 0.505. The SMILES string of the molecule is C=CCOCCCC(=O)N1CCOCC1C#N. The van der Waals surface area contributed by atoms with Gasteiger partial charge in [-0.25, -0.2) is 0 Å². The van der Waals surface area contributed by atoms with Crippen molar-refractivity contribution in [2.75, 3.05) is 33.0 Å². The van der Waals surface area contributed by atoms with Gasteiger partial charge in [-0.05, 0) is 6.42 Å². The Morgan fingerprint density at radius 2 is 2.53 bits per heavy atom. The van der Waals surface area contributed by atoms with Crippen LogP contribution in [0.4, 0.5) is 0 Å². The molecule has 0 aliphatic carbocycles. The van der Waals surface area contributed by atoms with Crippen LogP contribution in [0.3, 0.4) is 0 Å². The summed E-state index contributed by atoms with van der Waals surface area (Å²) < 4.78 is 10.4. The lowest BCUT2D eigenvalue weighted by atomic mass is 10.2. The van der Waals surface area contributed by atoms with E-state index >= 15 is 0 Å². The van der Waals surface area contributed by atoms with Gasteiger partial charge in [0.25, 0.3) is 0 Å². The molecule has 0 saturated carbocycles. The van der Waals surface area contributed by atoms with Crippen LogP contribution in [-0.4, -0.2) is 49.8 Å². The number of amides is 1. The molecule has 0 aromatic rings. The van der Waals surface area contributed by atoms with Crippen molar-refractivity contribution in [2.45, 2.75) is 18.9 Å². The second kappa shape index (κ2) is 7.82. The van der Waals surface area contributed by atoms with Crippen LogP contribution in [0.25, 0.3) is 0 Å². The smallest absolute Gasteiger partial charge is 0.223 e. The third kappa shape index (κ3) is 4.55. The summed E-state index contributed by atoms with van der Waals surface area (Å²) in [5.41, 5.74) is 0. The van der Waals surface area contributed by atoms with E-state index in [0.29, 0.717) is 45.8 Å². The van der Waals surface area contributed by atoms with Gasteiger partial charge >= 0.3 is 0 Å². The molecule has 1 unspecified atom stereocenters. The van der Waals surface area contributed by atoms with Gasteiger partial charge in [-0.3, -0.25) is 4.79 Å². The first-order valence-electron chi connectivity index (χ1n) is 5.75. The first kappa shape index (κ1) is 13.7. The van der Waals surface area contributed by atoms with Gasteiger partial charge in [-0.2, -0.15) is 5.26 Å². The molecule has 0 aromatic carbocycles. The lowest BCUT2D eigenvalue weighted by Crippen LogP contribution is -2.47. The van der Waals surface area contributed by atoms with Crippen molar-refractivity contribution in [3.63, 3.8) is 0 Å². The van der Waals surface area contributed by atoms with Gasteiger partial charge in [0.2, 0.25) is 5.91 Å². The Bertz CT molecular complexity index is 299. The third-order valence-corrected chi connectivity index (χ3v) is 2.51. The van der Waals surface area contributed by atoms with Crippen LogP contribution in [0.15, 0.2) is 12.7 Å². The summed E-state index contributed by atoms with van der Waals surface area (Å²) in [5.74, 6) is 0.00190. The Labute approximate surface area is 102 Å². The molecule has 1 fully saturated rings. The average molecular weight is 238 g/mol. The normalized spacial score (nSPS) is 19.7. The summed E-state index contributed by atoms with van der Waals surface area (Å²) in [6.45, 7) is 5.92. The molecule has 1 aliphatic rings. The molecule has 0 aromatic heterocycles. The lowest BCUT2D eigenvalue weighted by molar-refractivity contribution is -0.138. The van der Waals surface area contributed by atoms with Crippen LogP contribution in [0.5, 0.6) is 0 Å². The Hall–Kier alpha value is -1.38. The minimum Gasteiger partial charge on any atom is -0.377 e. The summed E-state index contributed by atoms with van der Waals surface area (Å²) in [5, 5.41) is 8.89. The number of carbonyl (C=O) groups is 1. The van der Waals surface area contributed by atoms with E-state index in [2.05, 4.69) is 12.6 Å². The predicted octanol–water partition coefficient (Wildman–Crippen LogP) is 0.720. The molecule has 1 atom stereocenters. The van der Waals surface area contributed by atoms with Crippen molar-refractivity contribution in [3.05, 3.63) is 12.7 Å². The second-order valence-electron chi connectivity index (χ2n) is 3.77. The number of nitrogens with zero attached hydrogens (tertiary/aromatic N) is 2. The molecular formula is C12H18N2O3. The summed E-state index contributed by atoms with van der Waals surface area (Å²) >= 11 is 0. The standard InChI is InChI=1S/C12H18N2O3/c1-2-6-16-7-3-4-12(15)14-5-8-17-10-11(14)9-13/h2,11H,1,3-8,10H2. The van der Waals surface area contributed by atoms with Crippen LogP contribution < -0.4 is 0 Å². The van der Waals surface area contributed by atoms with Gasteiger partial charge in [0, 0.05) is 19.6 Å². The van der Waals surface area contributed by atoms with E-state index in [1.165, 1.54) is 0 Å². The Morgan fingerprint density at radius 1 is 1.71 bits per heavy atom. The van der Waals surface area contributed by atoms with Gasteiger partial charge in [0.05, 0.1) is 25.9 Å². The zero-order valence-corrected chi connectivity index (χ0v) is 9.93. The summed E-state index contributed by atoms with van der Waals surface area (Å²) in [7, 11) is 0. The molecule has 0 bridgehead atoms. The van der Waals surface area contributed by atoms with Gasteiger partial charge in [-0.1, -0.05) is 6.08 Å². The van der Waals surface area contributed by atoms with E-state index in [1.54, 1.807) is 11.0 Å². The number of morpholine rings is 1. The van der Waals surface area contributed by atoms with Crippen molar-refractivity contribution >= 4 is 5.91 Å². The van der Waals surface area contributed by atoms with Crippen molar-refractivity contribution in [1.82, 2.24) is 4.90 Å². The lowest BCUT2D eigenvalue weighted by Gasteiger charge is -2.31. The fourth-order valence-electron chi connectivity index (χ4n) is 1.64. The van der Waals surface area contributed by atoms with Crippen molar-refractivity contribution in [2.24, 2.45) is 0 Å². The first-order chi connectivity index (χ1) is 8.29. The topological polar surface area (TPSA) is 62.6 Å². The van der Waals surface area contributed by atoms with Gasteiger partial charge in [0.15, 0.2) is 0 Å². The van der Waals surface area contributed by atoms with E-state index in [9.17, 15) is 4.79 Å².